The first-order valence-corrected chi connectivity index (χ1v) is 14.2. The first kappa shape index (κ1) is 32.5. The van der Waals surface area contributed by atoms with Gasteiger partial charge in [0, 0.05) is 13.0 Å². The minimum Gasteiger partial charge on any atom is -0.756 e. The number of quaternary nitrogens is 1. The molecule has 0 amide bonds. The summed E-state index contributed by atoms with van der Waals surface area (Å²) >= 11 is 0. The summed E-state index contributed by atoms with van der Waals surface area (Å²) in [4.78, 5) is 24.1. The predicted molar refractivity (Wildman–Crippen MR) is 130 cm³/mol. The molecule has 9 heteroatoms. The molecule has 0 bridgehead atoms. The van der Waals surface area contributed by atoms with Gasteiger partial charge in [-0.15, -0.1) is 0 Å². The van der Waals surface area contributed by atoms with Crippen LogP contribution in [0.2, 0.25) is 0 Å². The smallest absolute Gasteiger partial charge is 0.305 e. The molecule has 0 heterocycles. The van der Waals surface area contributed by atoms with E-state index in [9.17, 15) is 14.3 Å². The van der Waals surface area contributed by atoms with Crippen molar-refractivity contribution < 1.29 is 37.3 Å². The fraction of sp³-hybridized carbons (Fsp3) is 0.958. The number of carbonyl (C=O) groups is 1. The Morgan fingerprint density at radius 3 is 2.00 bits per heavy atom. The number of phosphoric ester groups is 1. The van der Waals surface area contributed by atoms with Crippen LogP contribution in [0.15, 0.2) is 0 Å². The minimum atomic E-state index is -4.45. The third kappa shape index (κ3) is 23.0. The molecule has 0 aliphatic carbocycles. The van der Waals surface area contributed by atoms with Crippen LogP contribution >= 0.6 is 7.82 Å². The van der Waals surface area contributed by atoms with Gasteiger partial charge in [-0.3, -0.25) is 9.36 Å². The van der Waals surface area contributed by atoms with Gasteiger partial charge in [0.15, 0.2) is 0 Å². The Morgan fingerprint density at radius 2 is 1.39 bits per heavy atom. The fourth-order valence-electron chi connectivity index (χ4n) is 3.05. The Hall–Kier alpha value is -0.500. The molecule has 0 saturated heterocycles. The third-order valence-corrected chi connectivity index (χ3v) is 6.16. The first-order chi connectivity index (χ1) is 15.6. The number of nitrogens with zero attached hydrogens (tertiary/aromatic N) is 1. The molecule has 0 saturated carbocycles. The highest BCUT2D eigenvalue weighted by molar-refractivity contribution is 7.45. The maximum Gasteiger partial charge on any atom is 0.305 e. The first-order valence-electron chi connectivity index (χ1n) is 12.8. The number of rotatable bonds is 23. The maximum absolute atomic E-state index is 12.1. The summed E-state index contributed by atoms with van der Waals surface area (Å²) < 4.78 is 33.8. The van der Waals surface area contributed by atoms with Crippen molar-refractivity contribution in [3.63, 3.8) is 0 Å². The van der Waals surface area contributed by atoms with Crippen molar-refractivity contribution >= 4 is 13.8 Å². The molecule has 0 aliphatic heterocycles. The highest BCUT2D eigenvalue weighted by Crippen LogP contribution is 2.38. The van der Waals surface area contributed by atoms with Gasteiger partial charge in [-0.1, -0.05) is 71.6 Å². The molecule has 8 nitrogen and oxygen atoms in total. The lowest BCUT2D eigenvalue weighted by Gasteiger charge is -2.28. The number of phosphoric acid groups is 1. The molecule has 0 aliphatic rings. The van der Waals surface area contributed by atoms with Crippen molar-refractivity contribution in [3.05, 3.63) is 0 Å². The standard InChI is InChI=1S/C24H50NO7P/c1-6-8-10-12-14-16-19-29-23(21-30-24(26)17-15-13-11-9-7-2)22-32-33(27,28)31-20-18-25(3,4)5/h23H,6-22H2,1-5H3. The molecule has 0 spiro atoms. The average molecular weight is 496 g/mol. The predicted octanol–water partition coefficient (Wildman–Crippen LogP) is 4.84. The van der Waals surface area contributed by atoms with Crippen molar-refractivity contribution in [2.75, 3.05) is 54.1 Å². The van der Waals surface area contributed by atoms with E-state index in [1.165, 1.54) is 25.7 Å². The van der Waals surface area contributed by atoms with E-state index in [1.807, 2.05) is 21.1 Å². The molecule has 33 heavy (non-hydrogen) atoms. The Bertz CT molecular complexity index is 525. The SMILES string of the molecule is CCCCCCCCOC(COC(=O)CCCCCCC)COP(=O)([O-])OCC[N+](C)(C)C. The summed E-state index contributed by atoms with van der Waals surface area (Å²) in [6.07, 6.45) is 11.7. The maximum atomic E-state index is 12.1. The number of unbranched alkanes of at least 4 members (excludes halogenated alkanes) is 9. The second-order valence-corrected chi connectivity index (χ2v) is 11.1. The number of esters is 1. The average Bonchev–Trinajstić information content (AvgIpc) is 2.73. The molecule has 0 fully saturated rings. The molecular weight excluding hydrogens is 445 g/mol. The zero-order valence-electron chi connectivity index (χ0n) is 21.9. The van der Waals surface area contributed by atoms with Crippen molar-refractivity contribution in [1.29, 1.82) is 0 Å². The number of likely N-dealkylation sites (N-methyl/N-ethyl adjacent to an activating group) is 1. The summed E-state index contributed by atoms with van der Waals surface area (Å²) in [6, 6.07) is 0. The number of carbonyl (C=O) groups excluding carboxylic acids is 1. The van der Waals surface area contributed by atoms with Gasteiger partial charge in [0.05, 0.1) is 27.7 Å². The molecule has 0 aromatic heterocycles. The van der Waals surface area contributed by atoms with E-state index < -0.39 is 13.9 Å². The highest BCUT2D eigenvalue weighted by Gasteiger charge is 2.19. The largest absolute Gasteiger partial charge is 0.756 e. The van der Waals surface area contributed by atoms with Crippen LogP contribution in [0.5, 0.6) is 0 Å². The number of ether oxygens (including phenoxy) is 2. The normalized spacial score (nSPS) is 14.7. The zero-order chi connectivity index (χ0) is 25.0. The van der Waals surface area contributed by atoms with Gasteiger partial charge in [-0.25, -0.2) is 0 Å². The van der Waals surface area contributed by atoms with Crippen LogP contribution in [0.1, 0.15) is 90.9 Å². The van der Waals surface area contributed by atoms with Gasteiger partial charge in [0.25, 0.3) is 7.82 Å². The van der Waals surface area contributed by atoms with Gasteiger partial charge >= 0.3 is 5.97 Å². The summed E-state index contributed by atoms with van der Waals surface area (Å²) in [5.74, 6) is -0.288. The van der Waals surface area contributed by atoms with E-state index in [-0.39, 0.29) is 25.8 Å². The Morgan fingerprint density at radius 1 is 0.818 bits per heavy atom. The molecule has 0 N–H and O–H groups in total. The van der Waals surface area contributed by atoms with E-state index >= 15 is 0 Å². The summed E-state index contributed by atoms with van der Waals surface area (Å²) in [5, 5.41) is 0. The lowest BCUT2D eigenvalue weighted by Crippen LogP contribution is -2.37. The Balaban J connectivity index is 4.43. The van der Waals surface area contributed by atoms with Crippen LogP contribution in [0.25, 0.3) is 0 Å². The summed E-state index contributed by atoms with van der Waals surface area (Å²) in [6.45, 7) is 5.12. The van der Waals surface area contributed by atoms with E-state index in [0.717, 1.165) is 44.9 Å². The van der Waals surface area contributed by atoms with E-state index in [2.05, 4.69) is 13.8 Å². The second kappa shape index (κ2) is 19.8. The van der Waals surface area contributed by atoms with Crippen LogP contribution in [-0.4, -0.2) is 70.7 Å². The van der Waals surface area contributed by atoms with Gasteiger partial charge in [0.1, 0.15) is 25.9 Å². The number of hydrogen-bond donors (Lipinski definition) is 0. The molecule has 198 valence electrons. The minimum absolute atomic E-state index is 0.0253. The summed E-state index contributed by atoms with van der Waals surface area (Å²) in [5.41, 5.74) is 0. The topological polar surface area (TPSA) is 94.1 Å². The quantitative estimate of drug-likeness (QED) is 0.0866. The molecule has 0 radical (unpaired) electrons. The molecule has 2 atom stereocenters. The Kier molecular flexibility index (Phi) is 19.5. The lowest BCUT2D eigenvalue weighted by atomic mass is 10.1. The van der Waals surface area contributed by atoms with Crippen molar-refractivity contribution in [1.82, 2.24) is 0 Å². The van der Waals surface area contributed by atoms with Gasteiger partial charge in [0.2, 0.25) is 0 Å². The van der Waals surface area contributed by atoms with E-state index in [4.69, 9.17) is 18.5 Å². The molecule has 2 unspecified atom stereocenters. The van der Waals surface area contributed by atoms with Crippen molar-refractivity contribution in [3.8, 4) is 0 Å². The number of hydrogen-bond acceptors (Lipinski definition) is 7. The Labute approximate surface area is 202 Å². The van der Waals surface area contributed by atoms with Crippen LogP contribution < -0.4 is 4.89 Å². The monoisotopic (exact) mass is 495 g/mol. The van der Waals surface area contributed by atoms with Crippen LogP contribution in [0.4, 0.5) is 0 Å². The molecule has 0 rings (SSSR count). The molecular formula is C24H50NO7P. The zero-order valence-corrected chi connectivity index (χ0v) is 22.7. The van der Waals surface area contributed by atoms with Crippen LogP contribution in [0, 0.1) is 0 Å². The van der Waals surface area contributed by atoms with Crippen molar-refractivity contribution in [2.24, 2.45) is 0 Å². The summed E-state index contributed by atoms with van der Waals surface area (Å²) in [7, 11) is 1.40. The van der Waals surface area contributed by atoms with Crippen LogP contribution in [0.3, 0.4) is 0 Å². The third-order valence-electron chi connectivity index (χ3n) is 5.20. The fourth-order valence-corrected chi connectivity index (χ4v) is 3.77. The van der Waals surface area contributed by atoms with Crippen LogP contribution in [-0.2, 0) is 27.9 Å². The van der Waals surface area contributed by atoms with E-state index in [0.29, 0.717) is 24.1 Å². The van der Waals surface area contributed by atoms with E-state index in [1.54, 1.807) is 0 Å². The lowest BCUT2D eigenvalue weighted by molar-refractivity contribution is -0.870. The van der Waals surface area contributed by atoms with Gasteiger partial charge in [-0.2, -0.15) is 0 Å². The molecule has 0 aromatic rings. The molecule has 0 aromatic carbocycles. The van der Waals surface area contributed by atoms with Gasteiger partial charge in [-0.05, 0) is 12.8 Å². The van der Waals surface area contributed by atoms with Crippen molar-refractivity contribution in [2.45, 2.75) is 97.0 Å². The van der Waals surface area contributed by atoms with Gasteiger partial charge < -0.3 is 27.9 Å². The second-order valence-electron chi connectivity index (χ2n) is 9.70. The highest BCUT2D eigenvalue weighted by atomic mass is 31.2.